The smallest absolute Gasteiger partial charge is 0.282 e. The largest absolute Gasteiger partial charge is 0.381 e. The topological polar surface area (TPSA) is 59.4 Å². The second-order valence-corrected chi connectivity index (χ2v) is 6.36. The van der Waals surface area contributed by atoms with Gasteiger partial charge in [-0.05, 0) is 29.8 Å². The van der Waals surface area contributed by atoms with E-state index in [1.54, 1.807) is 13.2 Å². The van der Waals surface area contributed by atoms with Crippen molar-refractivity contribution in [3.8, 4) is 0 Å². The molecule has 7 heteroatoms. The average Bonchev–Trinajstić information content (AvgIpc) is 2.45. The fourth-order valence-electron chi connectivity index (χ4n) is 2.23. The highest BCUT2D eigenvalue weighted by Gasteiger charge is 2.28. The first-order chi connectivity index (χ1) is 9.42. The molecule has 0 aliphatic carbocycles. The molecule has 0 saturated carbocycles. The van der Waals surface area contributed by atoms with Gasteiger partial charge in [0.25, 0.3) is 5.56 Å². The van der Waals surface area contributed by atoms with E-state index >= 15 is 0 Å². The molecule has 6 nitrogen and oxygen atoms in total. The molecule has 1 aromatic heterocycles. The minimum atomic E-state index is -0.140. The highest BCUT2D eigenvalue weighted by atomic mass is 79.9. The quantitative estimate of drug-likeness (QED) is 0.885. The Labute approximate surface area is 127 Å². The van der Waals surface area contributed by atoms with Crippen LogP contribution in [-0.4, -0.2) is 53.1 Å². The number of aryl methyl sites for hydroxylation is 1. The van der Waals surface area contributed by atoms with Crippen LogP contribution in [0.15, 0.2) is 15.5 Å². The lowest BCUT2D eigenvalue weighted by molar-refractivity contribution is -0.00569. The van der Waals surface area contributed by atoms with Gasteiger partial charge in [0.15, 0.2) is 0 Å². The number of hydrogen-bond donors (Lipinski definition) is 1. The van der Waals surface area contributed by atoms with Gasteiger partial charge in [0, 0.05) is 32.2 Å². The van der Waals surface area contributed by atoms with Gasteiger partial charge in [0.1, 0.15) is 4.47 Å². The summed E-state index contributed by atoms with van der Waals surface area (Å²) in [5, 5.41) is 7.34. The molecule has 0 unspecified atom stereocenters. The monoisotopic (exact) mass is 344 g/mol. The summed E-state index contributed by atoms with van der Waals surface area (Å²) >= 11 is 3.33. The first kappa shape index (κ1) is 15.5. The number of hydrogen-bond acceptors (Lipinski definition) is 5. The Hall–Kier alpha value is -0.920. The molecule has 2 heterocycles. The zero-order valence-corrected chi connectivity index (χ0v) is 13.7. The molecular weight excluding hydrogens is 324 g/mol. The summed E-state index contributed by atoms with van der Waals surface area (Å²) in [7, 11) is 1.63. The maximum Gasteiger partial charge on any atom is 0.282 e. The van der Waals surface area contributed by atoms with Gasteiger partial charge in [0.2, 0.25) is 0 Å². The van der Waals surface area contributed by atoms with Crippen LogP contribution >= 0.6 is 15.9 Å². The molecule has 1 N–H and O–H groups in total. The third-order valence-corrected chi connectivity index (χ3v) is 4.42. The molecular formula is C13H21BrN4O2. The number of nitrogens with one attached hydrogen (secondary N) is 1. The molecule has 0 bridgehead atoms. The van der Waals surface area contributed by atoms with Crippen molar-refractivity contribution in [3.05, 3.63) is 21.0 Å². The second kappa shape index (κ2) is 6.24. The van der Waals surface area contributed by atoms with E-state index in [1.807, 2.05) is 0 Å². The second-order valence-electron chi connectivity index (χ2n) is 5.57. The van der Waals surface area contributed by atoms with Gasteiger partial charge in [-0.1, -0.05) is 0 Å². The summed E-state index contributed by atoms with van der Waals surface area (Å²) in [6.45, 7) is 8.54. The van der Waals surface area contributed by atoms with Crippen LogP contribution in [0.25, 0.3) is 0 Å². The van der Waals surface area contributed by atoms with Crippen LogP contribution in [0, 0.1) is 0 Å². The summed E-state index contributed by atoms with van der Waals surface area (Å²) in [6, 6.07) is 0. The van der Waals surface area contributed by atoms with Crippen LogP contribution in [0.3, 0.4) is 0 Å². The number of anilines is 1. The predicted octanol–water partition coefficient (Wildman–Crippen LogP) is 1.07. The SMILES string of the molecule is Cn1ncc(NCC(C)(C)N2CCOCC2)c(Br)c1=O. The van der Waals surface area contributed by atoms with E-state index in [1.165, 1.54) is 4.68 Å². The van der Waals surface area contributed by atoms with Crippen molar-refractivity contribution >= 4 is 21.6 Å². The van der Waals surface area contributed by atoms with E-state index in [2.05, 4.69) is 45.1 Å². The van der Waals surface area contributed by atoms with Gasteiger partial charge in [0.05, 0.1) is 25.1 Å². The molecule has 20 heavy (non-hydrogen) atoms. The summed E-state index contributed by atoms with van der Waals surface area (Å²) in [4.78, 5) is 14.2. The van der Waals surface area contributed by atoms with Crippen molar-refractivity contribution in [2.24, 2.45) is 7.05 Å². The van der Waals surface area contributed by atoms with Crippen molar-refractivity contribution in [2.75, 3.05) is 38.2 Å². The van der Waals surface area contributed by atoms with Crippen LogP contribution < -0.4 is 10.9 Å². The summed E-state index contributed by atoms with van der Waals surface area (Å²) in [5.74, 6) is 0. The van der Waals surface area contributed by atoms with Gasteiger partial charge in [-0.2, -0.15) is 5.10 Å². The van der Waals surface area contributed by atoms with Gasteiger partial charge in [-0.15, -0.1) is 0 Å². The molecule has 1 aliphatic rings. The van der Waals surface area contributed by atoms with Crippen LogP contribution in [0.4, 0.5) is 5.69 Å². The standard InChI is InChI=1S/C13H21BrN4O2/c1-13(2,18-4-6-20-7-5-18)9-15-10-8-16-17(3)12(19)11(10)14/h8,15H,4-7,9H2,1-3H3. The Kier molecular flexibility index (Phi) is 4.82. The number of halogens is 1. The predicted molar refractivity (Wildman–Crippen MR) is 82.1 cm³/mol. The van der Waals surface area contributed by atoms with Crippen LogP contribution in [0.5, 0.6) is 0 Å². The van der Waals surface area contributed by atoms with Gasteiger partial charge in [-0.3, -0.25) is 9.69 Å². The van der Waals surface area contributed by atoms with Crippen molar-refractivity contribution in [2.45, 2.75) is 19.4 Å². The Morgan fingerprint density at radius 1 is 1.45 bits per heavy atom. The van der Waals surface area contributed by atoms with E-state index in [0.717, 1.165) is 38.5 Å². The van der Waals surface area contributed by atoms with Crippen molar-refractivity contribution in [3.63, 3.8) is 0 Å². The molecule has 0 amide bonds. The maximum atomic E-state index is 11.8. The van der Waals surface area contributed by atoms with Crippen LogP contribution in [-0.2, 0) is 11.8 Å². The molecule has 1 aromatic rings. The number of morpholine rings is 1. The van der Waals surface area contributed by atoms with E-state index in [0.29, 0.717) is 4.47 Å². The van der Waals surface area contributed by atoms with E-state index in [9.17, 15) is 4.79 Å². The van der Waals surface area contributed by atoms with Crippen molar-refractivity contribution in [1.82, 2.24) is 14.7 Å². The van der Waals surface area contributed by atoms with Gasteiger partial charge >= 0.3 is 0 Å². The zero-order chi connectivity index (χ0) is 14.8. The zero-order valence-electron chi connectivity index (χ0n) is 12.1. The molecule has 0 atom stereocenters. The fourth-order valence-corrected chi connectivity index (χ4v) is 2.73. The Bertz CT molecular complexity index is 524. The van der Waals surface area contributed by atoms with Gasteiger partial charge in [-0.25, -0.2) is 4.68 Å². The van der Waals surface area contributed by atoms with Crippen molar-refractivity contribution in [1.29, 1.82) is 0 Å². The van der Waals surface area contributed by atoms with Crippen LogP contribution in [0.1, 0.15) is 13.8 Å². The molecule has 1 aliphatic heterocycles. The van der Waals surface area contributed by atoms with E-state index in [-0.39, 0.29) is 11.1 Å². The lowest BCUT2D eigenvalue weighted by atomic mass is 10.0. The lowest BCUT2D eigenvalue weighted by Crippen LogP contribution is -2.53. The minimum Gasteiger partial charge on any atom is -0.381 e. The van der Waals surface area contributed by atoms with Crippen molar-refractivity contribution < 1.29 is 4.74 Å². The lowest BCUT2D eigenvalue weighted by Gasteiger charge is -2.41. The highest BCUT2D eigenvalue weighted by Crippen LogP contribution is 2.20. The van der Waals surface area contributed by atoms with E-state index < -0.39 is 0 Å². The normalized spacial score (nSPS) is 17.2. The third kappa shape index (κ3) is 3.39. The van der Waals surface area contributed by atoms with E-state index in [4.69, 9.17) is 4.74 Å². The summed E-state index contributed by atoms with van der Waals surface area (Å²) in [5.41, 5.74) is 0.582. The Morgan fingerprint density at radius 3 is 2.75 bits per heavy atom. The van der Waals surface area contributed by atoms with Crippen LogP contribution in [0.2, 0.25) is 0 Å². The fraction of sp³-hybridized carbons (Fsp3) is 0.692. The molecule has 1 saturated heterocycles. The third-order valence-electron chi connectivity index (χ3n) is 3.66. The molecule has 0 radical (unpaired) electrons. The molecule has 0 spiro atoms. The Balaban J connectivity index is 2.04. The first-order valence-corrected chi connectivity index (χ1v) is 7.49. The molecule has 1 fully saturated rings. The number of nitrogens with zero attached hydrogens (tertiary/aromatic N) is 3. The molecule has 2 rings (SSSR count). The first-order valence-electron chi connectivity index (χ1n) is 6.70. The minimum absolute atomic E-state index is 0.00963. The summed E-state index contributed by atoms with van der Waals surface area (Å²) in [6.07, 6.45) is 1.67. The number of rotatable bonds is 4. The summed E-state index contributed by atoms with van der Waals surface area (Å²) < 4.78 is 7.21. The molecule has 112 valence electrons. The Morgan fingerprint density at radius 2 is 2.10 bits per heavy atom. The number of ether oxygens (including phenoxy) is 1. The average molecular weight is 345 g/mol. The maximum absolute atomic E-state index is 11.8. The highest BCUT2D eigenvalue weighted by molar-refractivity contribution is 9.10. The number of aromatic nitrogens is 2. The molecule has 0 aromatic carbocycles. The van der Waals surface area contributed by atoms with Gasteiger partial charge < -0.3 is 10.1 Å².